The van der Waals surface area contributed by atoms with Crippen molar-refractivity contribution in [1.29, 1.82) is 0 Å². The summed E-state index contributed by atoms with van der Waals surface area (Å²) >= 11 is 0. The van der Waals surface area contributed by atoms with Gasteiger partial charge >= 0.3 is 7.05 Å². The summed E-state index contributed by atoms with van der Waals surface area (Å²) in [5.41, 5.74) is 1.33. The lowest BCUT2D eigenvalue weighted by atomic mass is 9.77. The van der Waals surface area contributed by atoms with E-state index in [4.69, 9.17) is 0 Å². The van der Waals surface area contributed by atoms with E-state index in [-0.39, 0.29) is 5.56 Å². The van der Waals surface area contributed by atoms with Crippen LogP contribution >= 0.6 is 0 Å². The van der Waals surface area contributed by atoms with Crippen LogP contribution in [0.25, 0.3) is 5.57 Å². The molecule has 0 bridgehead atoms. The Morgan fingerprint density at radius 2 is 1.83 bits per heavy atom. The Hall–Kier alpha value is -1.98. The van der Waals surface area contributed by atoms with E-state index in [2.05, 4.69) is 0 Å². The van der Waals surface area contributed by atoms with E-state index in [1.807, 2.05) is 48.1 Å². The summed E-state index contributed by atoms with van der Waals surface area (Å²) in [7, 11) is -0.717. The third-order valence-electron chi connectivity index (χ3n) is 4.48. The first-order valence-electron chi connectivity index (χ1n) is 7.59. The highest BCUT2D eigenvalue weighted by atomic mass is 19.1. The van der Waals surface area contributed by atoms with Gasteiger partial charge in [-0.15, -0.1) is 0 Å². The number of rotatable bonds is 3. The van der Waals surface area contributed by atoms with Crippen molar-refractivity contribution in [1.82, 2.24) is 4.81 Å². The highest BCUT2D eigenvalue weighted by Gasteiger charge is 2.41. The maximum Gasteiger partial charge on any atom is 0.377 e. The van der Waals surface area contributed by atoms with Crippen LogP contribution in [0.1, 0.15) is 18.1 Å². The van der Waals surface area contributed by atoms with Crippen LogP contribution in [-0.2, 0) is 5.54 Å². The monoisotopic (exact) mass is 313 g/mol. The van der Waals surface area contributed by atoms with Crippen molar-refractivity contribution < 1.29 is 13.8 Å². The van der Waals surface area contributed by atoms with Gasteiger partial charge in [0.2, 0.25) is 0 Å². The summed E-state index contributed by atoms with van der Waals surface area (Å²) in [6.07, 6.45) is 1.91. The third kappa shape index (κ3) is 2.82. The molecule has 0 saturated heterocycles. The van der Waals surface area contributed by atoms with E-state index in [1.165, 1.54) is 6.07 Å². The van der Waals surface area contributed by atoms with Gasteiger partial charge in [-0.2, -0.15) is 0 Å². The fourth-order valence-electron chi connectivity index (χ4n) is 3.27. The topological polar surface area (TPSA) is 23.5 Å². The molecule has 1 N–H and O–H groups in total. The van der Waals surface area contributed by atoms with Crippen LogP contribution in [0.15, 0.2) is 54.6 Å². The second-order valence-corrected chi connectivity index (χ2v) is 6.07. The van der Waals surface area contributed by atoms with E-state index in [0.717, 1.165) is 17.7 Å². The molecule has 0 spiro atoms. The smallest absolute Gasteiger partial charge is 0.377 e. The quantitative estimate of drug-likeness (QED) is 0.874. The predicted molar refractivity (Wildman–Crippen MR) is 88.7 cm³/mol. The van der Waals surface area contributed by atoms with Crippen LogP contribution in [0.3, 0.4) is 0 Å². The number of nitrogens with zero attached hydrogens (tertiary/aromatic N) is 1. The summed E-state index contributed by atoms with van der Waals surface area (Å²) in [6.45, 7) is 4.00. The second kappa shape index (κ2) is 5.91. The van der Waals surface area contributed by atoms with Crippen LogP contribution in [0.5, 0.6) is 0 Å². The summed E-state index contributed by atoms with van der Waals surface area (Å²) in [5.74, 6) is -0.931. The summed E-state index contributed by atoms with van der Waals surface area (Å²) in [6, 6.07) is 13.2. The number of hydrogen-bond donors (Lipinski definition) is 1. The Morgan fingerprint density at radius 3 is 2.48 bits per heavy atom. The summed E-state index contributed by atoms with van der Waals surface area (Å²) in [5, 5.41) is 10.2. The molecule has 1 atom stereocenters. The molecule has 118 valence electrons. The molecule has 2 nitrogen and oxygen atoms in total. The first kappa shape index (κ1) is 15.9. The van der Waals surface area contributed by atoms with Crippen LogP contribution in [0.4, 0.5) is 8.78 Å². The van der Waals surface area contributed by atoms with Crippen molar-refractivity contribution in [3.8, 4) is 0 Å². The van der Waals surface area contributed by atoms with Crippen molar-refractivity contribution in [3.05, 3.63) is 77.4 Å². The lowest BCUT2D eigenvalue weighted by Crippen LogP contribution is -2.47. The molecule has 2 aromatic rings. The van der Waals surface area contributed by atoms with Crippen molar-refractivity contribution in [2.75, 3.05) is 6.54 Å². The number of hydrogen-bond acceptors (Lipinski definition) is 2. The van der Waals surface area contributed by atoms with Gasteiger partial charge in [0, 0.05) is 12.1 Å². The van der Waals surface area contributed by atoms with Crippen LogP contribution in [0, 0.1) is 11.6 Å². The second-order valence-electron chi connectivity index (χ2n) is 6.07. The molecule has 5 heteroatoms. The Bertz CT molecular complexity index is 748. The molecule has 0 fully saturated rings. The zero-order valence-corrected chi connectivity index (χ0v) is 13.1. The average Bonchev–Trinajstić information content (AvgIpc) is 2.90. The van der Waals surface area contributed by atoms with Gasteiger partial charge in [-0.1, -0.05) is 36.4 Å². The highest BCUT2D eigenvalue weighted by Crippen LogP contribution is 2.40. The first-order valence-corrected chi connectivity index (χ1v) is 7.59. The van der Waals surface area contributed by atoms with Gasteiger partial charge in [0.15, 0.2) is 0 Å². The van der Waals surface area contributed by atoms with Crippen molar-refractivity contribution in [2.45, 2.75) is 19.3 Å². The standard InChI is InChI=1S/C18H18BF2NO/c1-18(14-6-4-3-5-7-14)11-13(12-22(18)19(2)23)16-10-15(20)8-9-17(16)21/h3-11,23H,12H2,1-2H3. The summed E-state index contributed by atoms with van der Waals surface area (Å²) in [4.78, 5) is 1.86. The van der Waals surface area contributed by atoms with Crippen LogP contribution in [0.2, 0.25) is 6.82 Å². The highest BCUT2D eigenvalue weighted by molar-refractivity contribution is 6.46. The van der Waals surface area contributed by atoms with Gasteiger partial charge in [-0.25, -0.2) is 8.78 Å². The van der Waals surface area contributed by atoms with E-state index in [9.17, 15) is 13.8 Å². The summed E-state index contributed by atoms with van der Waals surface area (Å²) < 4.78 is 27.6. The Morgan fingerprint density at radius 1 is 1.13 bits per heavy atom. The molecule has 23 heavy (non-hydrogen) atoms. The molecule has 0 aliphatic carbocycles. The molecule has 1 aliphatic heterocycles. The van der Waals surface area contributed by atoms with Gasteiger partial charge in [0.05, 0.1) is 5.54 Å². The van der Waals surface area contributed by atoms with E-state index in [0.29, 0.717) is 12.1 Å². The Labute approximate surface area is 135 Å². The third-order valence-corrected chi connectivity index (χ3v) is 4.48. The first-order chi connectivity index (χ1) is 10.9. The van der Waals surface area contributed by atoms with Gasteiger partial charge in [0.25, 0.3) is 0 Å². The minimum absolute atomic E-state index is 0.246. The lowest BCUT2D eigenvalue weighted by molar-refractivity contribution is 0.272. The molecule has 1 heterocycles. The van der Waals surface area contributed by atoms with Crippen molar-refractivity contribution in [2.24, 2.45) is 0 Å². The Kier molecular flexibility index (Phi) is 4.09. The molecule has 0 radical (unpaired) electrons. The Balaban J connectivity index is 2.10. The van der Waals surface area contributed by atoms with E-state index in [1.54, 1.807) is 6.82 Å². The van der Waals surface area contributed by atoms with Gasteiger partial charge < -0.3 is 9.83 Å². The van der Waals surface area contributed by atoms with Crippen molar-refractivity contribution in [3.63, 3.8) is 0 Å². The van der Waals surface area contributed by atoms with E-state index >= 15 is 0 Å². The van der Waals surface area contributed by atoms with Crippen LogP contribution < -0.4 is 0 Å². The fourth-order valence-corrected chi connectivity index (χ4v) is 3.27. The molecule has 0 aromatic heterocycles. The number of benzene rings is 2. The number of halogens is 2. The largest absolute Gasteiger partial charge is 0.437 e. The zero-order valence-electron chi connectivity index (χ0n) is 13.1. The maximum absolute atomic E-state index is 14.1. The maximum atomic E-state index is 14.1. The average molecular weight is 313 g/mol. The van der Waals surface area contributed by atoms with Gasteiger partial charge in [0.1, 0.15) is 11.6 Å². The lowest BCUT2D eigenvalue weighted by Gasteiger charge is -2.36. The molecule has 1 aliphatic rings. The molecule has 3 rings (SSSR count). The normalized spacial score (nSPS) is 21.3. The van der Waals surface area contributed by atoms with Crippen LogP contribution in [-0.4, -0.2) is 23.4 Å². The van der Waals surface area contributed by atoms with E-state index < -0.39 is 24.2 Å². The van der Waals surface area contributed by atoms with Gasteiger partial charge in [-0.3, -0.25) is 0 Å². The molecule has 1 unspecified atom stereocenters. The molecule has 0 saturated carbocycles. The fraction of sp³-hybridized carbons (Fsp3) is 0.222. The SMILES string of the molecule is CB(O)N1CC(c2cc(F)ccc2F)=CC1(C)c1ccccc1. The van der Waals surface area contributed by atoms with Crippen molar-refractivity contribution >= 4 is 12.6 Å². The predicted octanol–water partition coefficient (Wildman–Crippen LogP) is 3.69. The zero-order chi connectivity index (χ0) is 16.6. The minimum Gasteiger partial charge on any atom is -0.437 e. The molecular formula is C18H18BF2NO. The molecular weight excluding hydrogens is 295 g/mol. The minimum atomic E-state index is -0.717. The van der Waals surface area contributed by atoms with Gasteiger partial charge in [-0.05, 0) is 43.1 Å². The molecule has 2 aromatic carbocycles. The molecule has 0 amide bonds.